The minimum atomic E-state index is -1.12. The first-order valence-electron chi connectivity index (χ1n) is 4.69. The summed E-state index contributed by atoms with van der Waals surface area (Å²) in [5.41, 5.74) is 0.194. The van der Waals surface area contributed by atoms with Crippen LogP contribution in [0.1, 0.15) is 13.8 Å². The molecule has 16 heavy (non-hydrogen) atoms. The van der Waals surface area contributed by atoms with E-state index in [-0.39, 0.29) is 25.4 Å². The van der Waals surface area contributed by atoms with E-state index in [1.807, 2.05) is 0 Å². The van der Waals surface area contributed by atoms with E-state index < -0.39 is 18.2 Å². The summed E-state index contributed by atoms with van der Waals surface area (Å²) in [6.45, 7) is 5.83. The summed E-state index contributed by atoms with van der Waals surface area (Å²) in [5, 5.41) is 8.48. The number of esters is 2. The third-order valence-corrected chi connectivity index (χ3v) is 1.37. The summed E-state index contributed by atoms with van der Waals surface area (Å²) < 4.78 is 14.4. The molecule has 6 nitrogen and oxygen atoms in total. The Morgan fingerprint density at radius 3 is 2.38 bits per heavy atom. The van der Waals surface area contributed by atoms with Gasteiger partial charge in [0.05, 0.1) is 13.2 Å². The second-order valence-electron chi connectivity index (χ2n) is 3.02. The van der Waals surface area contributed by atoms with Crippen LogP contribution in [0.5, 0.6) is 0 Å². The first kappa shape index (κ1) is 14.6. The van der Waals surface area contributed by atoms with Gasteiger partial charge >= 0.3 is 11.9 Å². The zero-order valence-corrected chi connectivity index (χ0v) is 9.39. The van der Waals surface area contributed by atoms with Crippen molar-refractivity contribution in [3.05, 3.63) is 12.2 Å². The number of hydrogen-bond acceptors (Lipinski definition) is 6. The average molecular weight is 232 g/mol. The van der Waals surface area contributed by atoms with Gasteiger partial charge in [0.1, 0.15) is 6.61 Å². The van der Waals surface area contributed by atoms with Gasteiger partial charge < -0.3 is 19.3 Å². The largest absolute Gasteiger partial charge is 0.423 e. The van der Waals surface area contributed by atoms with Crippen LogP contribution in [-0.4, -0.2) is 43.2 Å². The highest BCUT2D eigenvalue weighted by Crippen LogP contribution is 2.02. The normalized spacial score (nSPS) is 11.7. The zero-order valence-electron chi connectivity index (χ0n) is 9.39. The lowest BCUT2D eigenvalue weighted by atomic mass is 10.4. The minimum absolute atomic E-state index is 0.0718. The predicted molar refractivity (Wildman–Crippen MR) is 54.4 cm³/mol. The monoisotopic (exact) mass is 232 g/mol. The number of rotatable bonds is 7. The van der Waals surface area contributed by atoms with E-state index in [9.17, 15) is 9.59 Å². The standard InChI is InChI=1S/C10H16O6/c1-7(2)10(13)16-9(15-8(3)12)6-14-5-4-11/h9,11H,1,4-6H2,2-3H3. The molecule has 1 unspecified atom stereocenters. The molecule has 0 aliphatic rings. The van der Waals surface area contributed by atoms with Crippen LogP contribution in [0.15, 0.2) is 12.2 Å². The van der Waals surface area contributed by atoms with Crippen molar-refractivity contribution in [1.82, 2.24) is 0 Å². The van der Waals surface area contributed by atoms with Gasteiger partial charge in [-0.05, 0) is 6.92 Å². The van der Waals surface area contributed by atoms with Crippen molar-refractivity contribution < 1.29 is 28.9 Å². The SMILES string of the molecule is C=C(C)C(=O)OC(COCCO)OC(C)=O. The Kier molecular flexibility index (Phi) is 7.15. The van der Waals surface area contributed by atoms with Gasteiger partial charge in [-0.15, -0.1) is 0 Å². The number of carbonyl (C=O) groups is 2. The Morgan fingerprint density at radius 1 is 1.31 bits per heavy atom. The molecule has 0 saturated heterocycles. The van der Waals surface area contributed by atoms with Crippen LogP contribution in [0, 0.1) is 0 Å². The summed E-state index contributed by atoms with van der Waals surface area (Å²) >= 11 is 0. The maximum Gasteiger partial charge on any atom is 0.336 e. The van der Waals surface area contributed by atoms with Gasteiger partial charge in [0.15, 0.2) is 0 Å². The molecule has 0 aromatic heterocycles. The number of aliphatic hydroxyl groups is 1. The van der Waals surface area contributed by atoms with Crippen molar-refractivity contribution in [3.63, 3.8) is 0 Å². The molecule has 0 fully saturated rings. The van der Waals surface area contributed by atoms with E-state index in [1.165, 1.54) is 13.8 Å². The Hall–Kier alpha value is -1.40. The second-order valence-corrected chi connectivity index (χ2v) is 3.02. The summed E-state index contributed by atoms with van der Waals surface area (Å²) in [6, 6.07) is 0. The minimum Gasteiger partial charge on any atom is -0.423 e. The third kappa shape index (κ3) is 6.97. The van der Waals surface area contributed by atoms with E-state index >= 15 is 0 Å². The molecular weight excluding hydrogens is 216 g/mol. The predicted octanol–water partition coefficient (Wildman–Crippen LogP) is 0.00380. The molecule has 1 atom stereocenters. The van der Waals surface area contributed by atoms with Crippen molar-refractivity contribution in [1.29, 1.82) is 0 Å². The second kappa shape index (κ2) is 7.84. The fourth-order valence-electron chi connectivity index (χ4n) is 0.741. The first-order chi connectivity index (χ1) is 7.47. The lowest BCUT2D eigenvalue weighted by Gasteiger charge is -2.17. The maximum absolute atomic E-state index is 11.1. The highest BCUT2D eigenvalue weighted by molar-refractivity contribution is 5.87. The van der Waals surface area contributed by atoms with Crippen LogP contribution in [0.3, 0.4) is 0 Å². The van der Waals surface area contributed by atoms with Gasteiger partial charge in [0.2, 0.25) is 0 Å². The van der Waals surface area contributed by atoms with Crippen LogP contribution in [-0.2, 0) is 23.8 Å². The molecule has 0 aromatic carbocycles. The molecule has 92 valence electrons. The molecule has 1 N–H and O–H groups in total. The molecule has 0 saturated carbocycles. The van der Waals surface area contributed by atoms with Crippen LogP contribution < -0.4 is 0 Å². The topological polar surface area (TPSA) is 82.1 Å². The molecular formula is C10H16O6. The van der Waals surface area contributed by atoms with Gasteiger partial charge in [-0.2, -0.15) is 0 Å². The molecule has 0 bridgehead atoms. The zero-order chi connectivity index (χ0) is 12.6. The van der Waals surface area contributed by atoms with E-state index in [1.54, 1.807) is 0 Å². The van der Waals surface area contributed by atoms with E-state index in [0.29, 0.717) is 0 Å². The number of hydrogen-bond donors (Lipinski definition) is 1. The van der Waals surface area contributed by atoms with Crippen molar-refractivity contribution in [2.75, 3.05) is 19.8 Å². The van der Waals surface area contributed by atoms with E-state index in [4.69, 9.17) is 14.6 Å². The van der Waals surface area contributed by atoms with Crippen LogP contribution in [0.25, 0.3) is 0 Å². The van der Waals surface area contributed by atoms with Gasteiger partial charge in [0, 0.05) is 12.5 Å². The van der Waals surface area contributed by atoms with Crippen LogP contribution in [0.4, 0.5) is 0 Å². The molecule has 0 aromatic rings. The lowest BCUT2D eigenvalue weighted by molar-refractivity contribution is -0.193. The summed E-state index contributed by atoms with van der Waals surface area (Å²) in [5.74, 6) is -1.26. The summed E-state index contributed by atoms with van der Waals surface area (Å²) in [7, 11) is 0. The van der Waals surface area contributed by atoms with Crippen molar-refractivity contribution in [3.8, 4) is 0 Å². The van der Waals surface area contributed by atoms with Gasteiger partial charge in [0.25, 0.3) is 6.29 Å². The Labute approximate surface area is 93.8 Å². The Balaban J connectivity index is 4.14. The fourth-order valence-corrected chi connectivity index (χ4v) is 0.741. The third-order valence-electron chi connectivity index (χ3n) is 1.37. The van der Waals surface area contributed by atoms with Crippen LogP contribution >= 0.6 is 0 Å². The van der Waals surface area contributed by atoms with Crippen molar-refractivity contribution in [2.24, 2.45) is 0 Å². The average Bonchev–Trinajstić information content (AvgIpc) is 2.16. The smallest absolute Gasteiger partial charge is 0.336 e. The summed E-state index contributed by atoms with van der Waals surface area (Å²) in [6.07, 6.45) is -1.12. The number of aliphatic hydroxyl groups excluding tert-OH is 1. The number of ether oxygens (including phenoxy) is 3. The molecule has 0 aliphatic carbocycles. The maximum atomic E-state index is 11.1. The van der Waals surface area contributed by atoms with Gasteiger partial charge in [-0.3, -0.25) is 4.79 Å². The van der Waals surface area contributed by atoms with Crippen molar-refractivity contribution in [2.45, 2.75) is 20.1 Å². The molecule has 0 heterocycles. The molecule has 0 spiro atoms. The molecule has 0 rings (SSSR count). The highest BCUT2D eigenvalue weighted by Gasteiger charge is 2.17. The Morgan fingerprint density at radius 2 is 1.94 bits per heavy atom. The lowest BCUT2D eigenvalue weighted by Crippen LogP contribution is -2.29. The first-order valence-corrected chi connectivity index (χ1v) is 4.69. The molecule has 6 heteroatoms. The van der Waals surface area contributed by atoms with Gasteiger partial charge in [-0.25, -0.2) is 4.79 Å². The van der Waals surface area contributed by atoms with Crippen LogP contribution in [0.2, 0.25) is 0 Å². The molecule has 0 amide bonds. The molecule has 0 aliphatic heterocycles. The fraction of sp³-hybridized carbons (Fsp3) is 0.600. The van der Waals surface area contributed by atoms with Gasteiger partial charge in [-0.1, -0.05) is 6.58 Å². The van der Waals surface area contributed by atoms with Crippen molar-refractivity contribution >= 4 is 11.9 Å². The quantitative estimate of drug-likeness (QED) is 0.288. The highest BCUT2D eigenvalue weighted by atomic mass is 16.7. The molecule has 0 radical (unpaired) electrons. The summed E-state index contributed by atoms with van der Waals surface area (Å²) in [4.78, 5) is 21.8. The number of carbonyl (C=O) groups excluding carboxylic acids is 2. The van der Waals surface area contributed by atoms with E-state index in [0.717, 1.165) is 0 Å². The Bertz CT molecular complexity index is 260. The van der Waals surface area contributed by atoms with E-state index in [2.05, 4.69) is 11.3 Å².